The number of benzene rings is 2. The average Bonchev–Trinajstić information content (AvgIpc) is 3.31. The summed E-state index contributed by atoms with van der Waals surface area (Å²) in [5, 5.41) is 6.93. The number of anilines is 2. The Morgan fingerprint density at radius 1 is 1.05 bits per heavy atom. The summed E-state index contributed by atoms with van der Waals surface area (Å²) in [5.74, 6) is 0.530. The van der Waals surface area contributed by atoms with Crippen molar-refractivity contribution < 1.29 is 23.9 Å². The highest BCUT2D eigenvalue weighted by Gasteiger charge is 2.54. The van der Waals surface area contributed by atoms with Crippen molar-refractivity contribution in [2.24, 2.45) is 0 Å². The Labute approximate surface area is 234 Å². The molecule has 0 saturated carbocycles. The zero-order valence-corrected chi connectivity index (χ0v) is 22.8. The minimum Gasteiger partial charge on any atom is -0.457 e. The van der Waals surface area contributed by atoms with Crippen molar-refractivity contribution in [3.63, 3.8) is 0 Å². The number of carbonyl (C=O) groups excluding carboxylic acids is 3. The number of pyridine rings is 1. The van der Waals surface area contributed by atoms with Gasteiger partial charge in [0.25, 0.3) is 5.91 Å². The largest absolute Gasteiger partial charge is 0.457 e. The highest BCUT2D eigenvalue weighted by Crippen LogP contribution is 2.42. The van der Waals surface area contributed by atoms with Crippen molar-refractivity contribution in [3.05, 3.63) is 77.1 Å². The first-order chi connectivity index (χ1) is 19.0. The topological polar surface area (TPSA) is 126 Å². The van der Waals surface area contributed by atoms with Gasteiger partial charge in [-0.25, -0.2) is 9.78 Å². The molecule has 3 N–H and O–H groups in total. The number of hydrogen-bond donors (Lipinski definition) is 3. The summed E-state index contributed by atoms with van der Waals surface area (Å²) in [6.07, 6.45) is 2.60. The minimum absolute atomic E-state index is 0.111. The number of carbonyl (C=O) groups is 3. The lowest BCUT2D eigenvalue weighted by atomic mass is 9.86. The summed E-state index contributed by atoms with van der Waals surface area (Å²) >= 11 is 6.54. The van der Waals surface area contributed by atoms with Crippen molar-refractivity contribution in [3.8, 4) is 11.5 Å². The van der Waals surface area contributed by atoms with Crippen LogP contribution in [0.15, 0.2) is 60.9 Å². The van der Waals surface area contributed by atoms with E-state index < -0.39 is 17.2 Å². The van der Waals surface area contributed by atoms with E-state index in [2.05, 4.69) is 20.6 Å². The Kier molecular flexibility index (Phi) is 5.95. The van der Waals surface area contributed by atoms with Crippen molar-refractivity contribution in [2.75, 3.05) is 23.7 Å². The molecule has 4 aromatic rings. The zero-order chi connectivity index (χ0) is 28.2. The summed E-state index contributed by atoms with van der Waals surface area (Å²) < 4.78 is 11.3. The molecule has 4 heterocycles. The van der Waals surface area contributed by atoms with Crippen LogP contribution in [-0.4, -0.2) is 56.9 Å². The van der Waals surface area contributed by atoms with Crippen LogP contribution in [0, 0.1) is 0 Å². The molecule has 2 aromatic heterocycles. The van der Waals surface area contributed by atoms with Gasteiger partial charge in [0.05, 0.1) is 46.6 Å². The maximum Gasteiger partial charge on any atom is 0.410 e. The third-order valence-electron chi connectivity index (χ3n) is 6.73. The van der Waals surface area contributed by atoms with E-state index in [1.54, 1.807) is 45.2 Å². The molecule has 40 heavy (non-hydrogen) atoms. The van der Waals surface area contributed by atoms with Crippen LogP contribution in [0.3, 0.4) is 0 Å². The SMILES string of the molecule is CC(C)(C)OC(=O)N1CC2(C1)Nc1c(cnc3[nH]cc(C(=O)c4ccc(Oc5ccccc5)cc4Cl)c13)NC2=O. The Morgan fingerprint density at radius 3 is 2.50 bits per heavy atom. The van der Waals surface area contributed by atoms with E-state index in [1.165, 1.54) is 11.1 Å². The van der Waals surface area contributed by atoms with E-state index in [1.807, 2.05) is 30.3 Å². The molecule has 2 amide bonds. The van der Waals surface area contributed by atoms with Crippen molar-refractivity contribution >= 4 is 51.8 Å². The number of para-hydroxylation sites is 1. The smallest absolute Gasteiger partial charge is 0.410 e. The molecule has 0 radical (unpaired) electrons. The van der Waals surface area contributed by atoms with E-state index >= 15 is 0 Å². The van der Waals surface area contributed by atoms with Gasteiger partial charge < -0.3 is 30.0 Å². The number of ether oxygens (including phenoxy) is 2. The molecule has 2 aromatic carbocycles. The molecule has 1 fully saturated rings. The Bertz CT molecular complexity index is 1670. The molecule has 2 aliphatic rings. The van der Waals surface area contributed by atoms with Gasteiger partial charge in [-0.1, -0.05) is 29.8 Å². The monoisotopic (exact) mass is 559 g/mol. The van der Waals surface area contributed by atoms with Crippen molar-refractivity contribution in [1.29, 1.82) is 0 Å². The van der Waals surface area contributed by atoms with Crippen LogP contribution in [-0.2, 0) is 9.53 Å². The highest BCUT2D eigenvalue weighted by molar-refractivity contribution is 6.36. The fraction of sp³-hybridized carbons (Fsp3) is 0.241. The van der Waals surface area contributed by atoms with Gasteiger partial charge in [0.1, 0.15) is 22.7 Å². The molecular weight excluding hydrogens is 534 g/mol. The summed E-state index contributed by atoms with van der Waals surface area (Å²) in [6, 6.07) is 14.1. The number of hydrogen-bond acceptors (Lipinski definition) is 7. The number of rotatable bonds is 4. The second kappa shape index (κ2) is 9.27. The number of likely N-dealkylation sites (tertiary alicyclic amines) is 1. The van der Waals surface area contributed by atoms with E-state index in [9.17, 15) is 14.4 Å². The highest BCUT2D eigenvalue weighted by atomic mass is 35.5. The summed E-state index contributed by atoms with van der Waals surface area (Å²) in [4.78, 5) is 48.2. The van der Waals surface area contributed by atoms with E-state index in [0.29, 0.717) is 39.5 Å². The maximum atomic E-state index is 13.7. The predicted molar refractivity (Wildman–Crippen MR) is 150 cm³/mol. The number of H-pyrrole nitrogens is 1. The third-order valence-corrected chi connectivity index (χ3v) is 7.04. The van der Waals surface area contributed by atoms with Crippen molar-refractivity contribution in [1.82, 2.24) is 14.9 Å². The first-order valence-corrected chi connectivity index (χ1v) is 13.1. The summed E-state index contributed by atoms with van der Waals surface area (Å²) in [7, 11) is 0. The first-order valence-electron chi connectivity index (χ1n) is 12.7. The van der Waals surface area contributed by atoms with Gasteiger partial charge in [-0.05, 0) is 45.0 Å². The van der Waals surface area contributed by atoms with E-state index in [-0.39, 0.29) is 35.4 Å². The van der Waals surface area contributed by atoms with Gasteiger partial charge in [-0.15, -0.1) is 0 Å². The summed E-state index contributed by atoms with van der Waals surface area (Å²) in [6.45, 7) is 5.57. The van der Waals surface area contributed by atoms with Gasteiger partial charge in [-0.2, -0.15) is 0 Å². The fourth-order valence-corrected chi connectivity index (χ4v) is 5.09. The molecule has 2 aliphatic heterocycles. The molecule has 6 rings (SSSR count). The van der Waals surface area contributed by atoms with Gasteiger partial charge in [0, 0.05) is 17.8 Å². The first kappa shape index (κ1) is 25.7. The van der Waals surface area contributed by atoms with Gasteiger partial charge in [-0.3, -0.25) is 9.59 Å². The zero-order valence-electron chi connectivity index (χ0n) is 22.0. The van der Waals surface area contributed by atoms with Crippen LogP contribution >= 0.6 is 11.6 Å². The third kappa shape index (κ3) is 4.50. The lowest BCUT2D eigenvalue weighted by molar-refractivity contribution is -0.125. The average molecular weight is 560 g/mol. The van der Waals surface area contributed by atoms with Crippen LogP contribution in [0.25, 0.3) is 11.0 Å². The molecule has 0 aliphatic carbocycles. The Balaban J connectivity index is 1.29. The standard InChI is InChI=1S/C29H26ClN5O5/c1-28(2,3)40-27(38)35-14-29(15-35)26(37)33-21-13-32-25-22(23(21)34-29)19(12-31-25)24(36)18-10-9-17(11-20(18)30)39-16-7-5-4-6-8-16/h4-13,34H,14-15H2,1-3H3,(H,31,32)(H,33,37). The number of aromatic amines is 1. The van der Waals surface area contributed by atoms with Crippen molar-refractivity contribution in [2.45, 2.75) is 31.9 Å². The quantitative estimate of drug-likeness (QED) is 0.278. The van der Waals surface area contributed by atoms with Gasteiger partial charge >= 0.3 is 6.09 Å². The Hall–Kier alpha value is -4.57. The molecule has 0 bridgehead atoms. The second-order valence-electron chi connectivity index (χ2n) is 10.9. The molecule has 0 unspecified atom stereocenters. The van der Waals surface area contributed by atoms with Gasteiger partial charge in [0.2, 0.25) is 0 Å². The normalized spacial score (nSPS) is 15.6. The van der Waals surface area contributed by atoms with E-state index in [4.69, 9.17) is 21.1 Å². The molecule has 11 heteroatoms. The lowest BCUT2D eigenvalue weighted by Crippen LogP contribution is -2.73. The van der Waals surface area contributed by atoms with E-state index in [0.717, 1.165) is 0 Å². The fourth-order valence-electron chi connectivity index (χ4n) is 4.83. The molecular formula is C29H26ClN5O5. The summed E-state index contributed by atoms with van der Waals surface area (Å²) in [5.41, 5.74) is 0.340. The number of nitrogens with one attached hydrogen (secondary N) is 3. The molecule has 1 saturated heterocycles. The van der Waals surface area contributed by atoms with Crippen LogP contribution in [0.1, 0.15) is 36.7 Å². The predicted octanol–water partition coefficient (Wildman–Crippen LogP) is 5.59. The molecule has 204 valence electrons. The number of nitrogens with zero attached hydrogens (tertiary/aromatic N) is 2. The number of amides is 2. The number of ketones is 1. The van der Waals surface area contributed by atoms with Crippen LogP contribution in [0.2, 0.25) is 5.02 Å². The van der Waals surface area contributed by atoms with Crippen LogP contribution in [0.4, 0.5) is 16.2 Å². The molecule has 0 atom stereocenters. The maximum absolute atomic E-state index is 13.7. The second-order valence-corrected chi connectivity index (χ2v) is 11.3. The molecule has 10 nitrogen and oxygen atoms in total. The minimum atomic E-state index is -1.07. The van der Waals surface area contributed by atoms with Crippen LogP contribution in [0.5, 0.6) is 11.5 Å². The molecule has 1 spiro atoms. The number of fused-ring (bicyclic) bond motifs is 3. The van der Waals surface area contributed by atoms with Gasteiger partial charge in [0.15, 0.2) is 11.3 Å². The lowest BCUT2D eigenvalue weighted by Gasteiger charge is -2.51. The number of halogens is 1. The Morgan fingerprint density at radius 2 is 1.80 bits per heavy atom. The van der Waals surface area contributed by atoms with Crippen LogP contribution < -0.4 is 15.4 Å². The number of aromatic nitrogens is 2.